The summed E-state index contributed by atoms with van der Waals surface area (Å²) in [5.74, 6) is -1.27. The van der Waals surface area contributed by atoms with Crippen molar-refractivity contribution in [2.45, 2.75) is 24.4 Å². The van der Waals surface area contributed by atoms with Crippen LogP contribution in [-0.4, -0.2) is 59.8 Å². The van der Waals surface area contributed by atoms with Gasteiger partial charge in [0, 0.05) is 19.2 Å². The third-order valence-electron chi connectivity index (χ3n) is 2.98. The van der Waals surface area contributed by atoms with Gasteiger partial charge in [0.25, 0.3) is 10.0 Å². The molecule has 1 saturated heterocycles. The molecular formula is C10H15N3O5S. The summed E-state index contributed by atoms with van der Waals surface area (Å²) in [4.78, 5) is 10.7. The highest BCUT2D eigenvalue weighted by atomic mass is 32.2. The number of aromatic amines is 1. The second-order valence-electron chi connectivity index (χ2n) is 4.15. The molecule has 0 aromatic carbocycles. The zero-order valence-corrected chi connectivity index (χ0v) is 11.2. The van der Waals surface area contributed by atoms with Crippen molar-refractivity contribution in [3.8, 4) is 0 Å². The minimum absolute atomic E-state index is 0.210. The van der Waals surface area contributed by atoms with Gasteiger partial charge in [-0.25, -0.2) is 13.2 Å². The van der Waals surface area contributed by atoms with Crippen molar-refractivity contribution in [1.82, 2.24) is 14.5 Å². The lowest BCUT2D eigenvalue weighted by molar-refractivity contribution is 0.0690. The van der Waals surface area contributed by atoms with Crippen molar-refractivity contribution in [3.05, 3.63) is 11.8 Å². The summed E-state index contributed by atoms with van der Waals surface area (Å²) in [6, 6.07) is 0.808. The van der Waals surface area contributed by atoms with Gasteiger partial charge in [0.2, 0.25) is 0 Å². The normalized spacial score (nSPS) is 20.0. The maximum atomic E-state index is 12.4. The predicted molar refractivity (Wildman–Crippen MR) is 64.3 cm³/mol. The molecule has 2 heterocycles. The van der Waals surface area contributed by atoms with Gasteiger partial charge in [0.05, 0.1) is 12.6 Å². The van der Waals surface area contributed by atoms with E-state index in [0.717, 1.165) is 6.07 Å². The Balaban J connectivity index is 2.30. The molecule has 2 N–H and O–H groups in total. The number of carboxylic acids is 1. The van der Waals surface area contributed by atoms with Crippen LogP contribution >= 0.6 is 0 Å². The van der Waals surface area contributed by atoms with Crippen LogP contribution in [0.1, 0.15) is 23.8 Å². The van der Waals surface area contributed by atoms with Gasteiger partial charge in [-0.3, -0.25) is 5.10 Å². The second-order valence-corrected chi connectivity index (χ2v) is 6.01. The number of H-pyrrole nitrogens is 1. The highest BCUT2D eigenvalue weighted by Gasteiger charge is 2.34. The average molecular weight is 289 g/mol. The lowest BCUT2D eigenvalue weighted by atomic mass is 10.3. The van der Waals surface area contributed by atoms with Crippen LogP contribution in [0.4, 0.5) is 0 Å². The standard InChI is InChI=1S/C10H15N3O5S/c1-2-13(7-3-4-18-6-7)19(16,17)9-5-8(10(14)15)11-12-9/h5,7H,2-4,6H2,1H3,(H,11,12)(H,14,15). The van der Waals surface area contributed by atoms with Gasteiger partial charge in [0.15, 0.2) is 10.7 Å². The first-order chi connectivity index (χ1) is 8.96. The van der Waals surface area contributed by atoms with Crippen LogP contribution < -0.4 is 0 Å². The van der Waals surface area contributed by atoms with Gasteiger partial charge in [-0.1, -0.05) is 6.92 Å². The Bertz CT molecular complexity index is 561. The Kier molecular flexibility index (Phi) is 3.88. The number of nitrogens with one attached hydrogen (secondary N) is 1. The predicted octanol–water partition coefficient (Wildman–Crippen LogP) is -0.0926. The van der Waals surface area contributed by atoms with Crippen molar-refractivity contribution in [1.29, 1.82) is 0 Å². The highest BCUT2D eigenvalue weighted by molar-refractivity contribution is 7.89. The minimum atomic E-state index is -3.78. The Morgan fingerprint density at radius 1 is 1.68 bits per heavy atom. The minimum Gasteiger partial charge on any atom is -0.476 e. The van der Waals surface area contributed by atoms with E-state index in [2.05, 4.69) is 10.2 Å². The Morgan fingerprint density at radius 2 is 2.42 bits per heavy atom. The molecule has 0 radical (unpaired) electrons. The van der Waals surface area contributed by atoms with Gasteiger partial charge in [-0.05, 0) is 6.42 Å². The molecule has 19 heavy (non-hydrogen) atoms. The smallest absolute Gasteiger partial charge is 0.356 e. The number of rotatable bonds is 5. The van der Waals surface area contributed by atoms with Crippen LogP contribution in [0.25, 0.3) is 0 Å². The van der Waals surface area contributed by atoms with E-state index in [1.807, 2.05) is 0 Å². The Hall–Kier alpha value is -1.45. The molecule has 1 fully saturated rings. The first kappa shape index (κ1) is 14.0. The highest BCUT2D eigenvalue weighted by Crippen LogP contribution is 2.21. The van der Waals surface area contributed by atoms with Crippen molar-refractivity contribution in [2.75, 3.05) is 19.8 Å². The summed E-state index contributed by atoms with van der Waals surface area (Å²) in [6.45, 7) is 2.90. The number of nitrogens with zero attached hydrogens (tertiary/aromatic N) is 2. The summed E-state index contributed by atoms with van der Waals surface area (Å²) < 4.78 is 31.3. The van der Waals surface area contributed by atoms with Crippen LogP contribution in [0, 0.1) is 0 Å². The summed E-state index contributed by atoms with van der Waals surface area (Å²) in [7, 11) is -3.78. The van der Waals surface area contributed by atoms with Crippen LogP contribution in [0.5, 0.6) is 0 Å². The van der Waals surface area contributed by atoms with Crippen LogP contribution in [0.2, 0.25) is 0 Å². The SMILES string of the molecule is CCN(C1CCOC1)S(=O)(=O)c1cc(C(=O)O)n[nH]1. The molecule has 0 saturated carbocycles. The van der Waals surface area contributed by atoms with Crippen molar-refractivity contribution in [3.63, 3.8) is 0 Å². The zero-order valence-electron chi connectivity index (χ0n) is 10.4. The summed E-state index contributed by atoms with van der Waals surface area (Å²) in [5.41, 5.74) is -0.322. The molecule has 0 spiro atoms. The number of carbonyl (C=O) groups is 1. The molecule has 9 heteroatoms. The number of aromatic nitrogens is 2. The fourth-order valence-electron chi connectivity index (χ4n) is 2.05. The maximum Gasteiger partial charge on any atom is 0.356 e. The summed E-state index contributed by atoms with van der Waals surface area (Å²) >= 11 is 0. The van der Waals surface area contributed by atoms with E-state index in [-0.39, 0.29) is 23.3 Å². The first-order valence-electron chi connectivity index (χ1n) is 5.85. The third-order valence-corrected chi connectivity index (χ3v) is 4.92. The van der Waals surface area contributed by atoms with E-state index >= 15 is 0 Å². The van der Waals surface area contributed by atoms with Crippen molar-refractivity contribution < 1.29 is 23.1 Å². The molecule has 2 rings (SSSR count). The number of aromatic carboxylic acids is 1. The van der Waals surface area contributed by atoms with Gasteiger partial charge in [-0.2, -0.15) is 9.40 Å². The fourth-order valence-corrected chi connectivity index (χ4v) is 3.62. The fraction of sp³-hybridized carbons (Fsp3) is 0.600. The molecule has 1 aromatic rings. The molecule has 1 atom stereocenters. The van der Waals surface area contributed by atoms with E-state index in [0.29, 0.717) is 19.6 Å². The monoisotopic (exact) mass is 289 g/mol. The van der Waals surface area contributed by atoms with E-state index in [4.69, 9.17) is 9.84 Å². The number of sulfonamides is 1. The lowest BCUT2D eigenvalue weighted by Gasteiger charge is -2.24. The first-order valence-corrected chi connectivity index (χ1v) is 7.29. The van der Waals surface area contributed by atoms with Gasteiger partial charge in [-0.15, -0.1) is 0 Å². The van der Waals surface area contributed by atoms with Crippen LogP contribution in [0.3, 0.4) is 0 Å². The van der Waals surface area contributed by atoms with Crippen molar-refractivity contribution >= 4 is 16.0 Å². The second kappa shape index (κ2) is 5.27. The number of ether oxygens (including phenoxy) is 1. The quantitative estimate of drug-likeness (QED) is 0.783. The molecule has 0 amide bonds. The Labute approximate surface area is 110 Å². The lowest BCUT2D eigenvalue weighted by Crippen LogP contribution is -2.40. The number of hydrogen-bond donors (Lipinski definition) is 2. The average Bonchev–Trinajstić information content (AvgIpc) is 3.00. The molecule has 1 aliphatic rings. The van der Waals surface area contributed by atoms with Crippen LogP contribution in [0.15, 0.2) is 11.1 Å². The van der Waals surface area contributed by atoms with Gasteiger partial charge >= 0.3 is 5.97 Å². The molecule has 0 aliphatic carbocycles. The number of hydrogen-bond acceptors (Lipinski definition) is 5. The molecule has 106 valence electrons. The number of carboxylic acid groups (broad SMARTS) is 1. The molecule has 1 aromatic heterocycles. The Morgan fingerprint density at radius 3 is 2.89 bits per heavy atom. The molecule has 0 bridgehead atoms. The van der Waals surface area contributed by atoms with E-state index in [1.54, 1.807) is 6.92 Å². The number of likely N-dealkylation sites (N-methyl/N-ethyl adjacent to an activating group) is 1. The van der Waals surface area contributed by atoms with Gasteiger partial charge in [0.1, 0.15) is 0 Å². The maximum absolute atomic E-state index is 12.4. The van der Waals surface area contributed by atoms with Gasteiger partial charge < -0.3 is 9.84 Å². The van der Waals surface area contributed by atoms with Crippen LogP contribution in [-0.2, 0) is 14.8 Å². The molecule has 8 nitrogen and oxygen atoms in total. The molecular weight excluding hydrogens is 274 g/mol. The largest absolute Gasteiger partial charge is 0.476 e. The van der Waals surface area contributed by atoms with E-state index < -0.39 is 16.0 Å². The molecule has 1 aliphatic heterocycles. The molecule has 1 unspecified atom stereocenters. The summed E-state index contributed by atoms with van der Waals surface area (Å²) in [5, 5.41) is 14.3. The zero-order chi connectivity index (χ0) is 14.0. The summed E-state index contributed by atoms with van der Waals surface area (Å²) in [6.07, 6.45) is 0.632. The van der Waals surface area contributed by atoms with E-state index in [9.17, 15) is 13.2 Å². The topological polar surface area (TPSA) is 113 Å². The van der Waals surface area contributed by atoms with Crippen molar-refractivity contribution in [2.24, 2.45) is 0 Å². The third kappa shape index (κ3) is 2.62. The van der Waals surface area contributed by atoms with E-state index in [1.165, 1.54) is 4.31 Å².